The minimum Gasteiger partial charge on any atom is -0.444 e. The zero-order valence-electron chi connectivity index (χ0n) is 15.1. The number of hydrogen-bond acceptors (Lipinski definition) is 5. The normalized spacial score (nSPS) is 16.8. The van der Waals surface area contributed by atoms with Gasteiger partial charge in [0.05, 0.1) is 0 Å². The van der Waals surface area contributed by atoms with E-state index in [1.807, 2.05) is 0 Å². The molecule has 1 amide bonds. The fourth-order valence-electron chi connectivity index (χ4n) is 2.77. The smallest absolute Gasteiger partial charge is 0.412 e. The quantitative estimate of drug-likeness (QED) is 0.837. The molecule has 0 bridgehead atoms. The monoisotopic (exact) mass is 365 g/mol. The molecule has 3 rings (SSSR count). The number of nitrogens with one attached hydrogen (secondary N) is 1. The maximum atomic E-state index is 13.0. The molecule has 1 aliphatic carbocycles. The van der Waals surface area contributed by atoms with Crippen molar-refractivity contribution in [2.24, 2.45) is 0 Å². The van der Waals surface area contributed by atoms with E-state index >= 15 is 0 Å². The minimum absolute atomic E-state index is 0.218. The molecule has 1 heterocycles. The Bertz CT molecular complexity index is 819. The molecule has 6 nitrogen and oxygen atoms in total. The van der Waals surface area contributed by atoms with Crippen LogP contribution in [0.25, 0.3) is 11.4 Å². The van der Waals surface area contributed by atoms with Gasteiger partial charge in [0.1, 0.15) is 5.60 Å². The molecule has 26 heavy (non-hydrogen) atoms. The molecule has 0 spiro atoms. The van der Waals surface area contributed by atoms with E-state index in [1.165, 1.54) is 0 Å². The van der Waals surface area contributed by atoms with Crippen LogP contribution < -0.4 is 5.32 Å². The Labute approximate surface area is 149 Å². The molecule has 8 heteroatoms. The van der Waals surface area contributed by atoms with Crippen LogP contribution in [0.4, 0.5) is 19.3 Å². The maximum Gasteiger partial charge on any atom is 0.412 e. The van der Waals surface area contributed by atoms with Gasteiger partial charge < -0.3 is 9.26 Å². The van der Waals surface area contributed by atoms with E-state index in [0.29, 0.717) is 17.1 Å². The summed E-state index contributed by atoms with van der Waals surface area (Å²) in [5.74, 6) is -2.53. The third-order valence-electron chi connectivity index (χ3n) is 4.09. The Morgan fingerprint density at radius 1 is 1.35 bits per heavy atom. The minimum atomic E-state index is -2.65. The molecule has 1 fully saturated rings. The molecule has 1 aromatic heterocycles. The summed E-state index contributed by atoms with van der Waals surface area (Å²) in [6, 6.07) is 5.25. The second-order valence-corrected chi connectivity index (χ2v) is 7.52. The molecule has 0 saturated heterocycles. The molecule has 1 saturated carbocycles. The van der Waals surface area contributed by atoms with Gasteiger partial charge in [0, 0.05) is 30.0 Å². The maximum absolute atomic E-state index is 13.0. The molecular weight excluding hydrogens is 344 g/mol. The number of hydrogen-bond donors (Lipinski definition) is 1. The van der Waals surface area contributed by atoms with Gasteiger partial charge in [0.2, 0.25) is 17.6 Å². The van der Waals surface area contributed by atoms with Crippen molar-refractivity contribution in [3.05, 3.63) is 29.7 Å². The fourth-order valence-corrected chi connectivity index (χ4v) is 2.77. The van der Waals surface area contributed by atoms with Crippen LogP contribution in [0, 0.1) is 6.92 Å². The topological polar surface area (TPSA) is 77.2 Å². The third-order valence-corrected chi connectivity index (χ3v) is 4.09. The van der Waals surface area contributed by atoms with Crippen LogP contribution in [0.5, 0.6) is 0 Å². The lowest BCUT2D eigenvalue weighted by Crippen LogP contribution is -2.33. The van der Waals surface area contributed by atoms with Gasteiger partial charge in [0.25, 0.3) is 0 Å². The summed E-state index contributed by atoms with van der Waals surface area (Å²) < 4.78 is 36.4. The number of alkyl halides is 2. The highest BCUT2D eigenvalue weighted by Crippen LogP contribution is 2.48. The SMILES string of the molecule is Cc1c(NC(=O)OC(C)(C)C)cccc1-c1noc(C2CC(F)(F)C2)n1. The predicted octanol–water partition coefficient (Wildman–Crippen LogP) is 4.90. The number of nitrogens with zero attached hydrogens (tertiary/aromatic N) is 2. The number of amides is 1. The fraction of sp³-hybridized carbons (Fsp3) is 0.500. The number of rotatable bonds is 3. The molecule has 0 unspecified atom stereocenters. The zero-order chi connectivity index (χ0) is 19.1. The van der Waals surface area contributed by atoms with Gasteiger partial charge in [0.15, 0.2) is 0 Å². The first-order valence-corrected chi connectivity index (χ1v) is 8.35. The van der Waals surface area contributed by atoms with Crippen molar-refractivity contribution in [3.8, 4) is 11.4 Å². The van der Waals surface area contributed by atoms with Crippen LogP contribution in [-0.2, 0) is 4.74 Å². The first-order chi connectivity index (χ1) is 12.0. The molecule has 1 aromatic carbocycles. The number of aromatic nitrogens is 2. The van der Waals surface area contributed by atoms with Crippen molar-refractivity contribution >= 4 is 11.8 Å². The number of carbonyl (C=O) groups excluding carboxylic acids is 1. The summed E-state index contributed by atoms with van der Waals surface area (Å²) in [5.41, 5.74) is 1.32. The van der Waals surface area contributed by atoms with E-state index in [4.69, 9.17) is 9.26 Å². The molecule has 140 valence electrons. The first kappa shape index (κ1) is 18.3. The van der Waals surface area contributed by atoms with E-state index in [1.54, 1.807) is 45.9 Å². The second-order valence-electron chi connectivity index (χ2n) is 7.52. The molecular formula is C18H21F2N3O3. The molecule has 2 aromatic rings. The predicted molar refractivity (Wildman–Crippen MR) is 91.2 cm³/mol. The van der Waals surface area contributed by atoms with Crippen molar-refractivity contribution in [1.29, 1.82) is 0 Å². The number of anilines is 1. The van der Waals surface area contributed by atoms with Crippen molar-refractivity contribution in [3.63, 3.8) is 0 Å². The van der Waals surface area contributed by atoms with E-state index in [-0.39, 0.29) is 18.7 Å². The highest BCUT2D eigenvalue weighted by atomic mass is 19.3. The summed E-state index contributed by atoms with van der Waals surface area (Å²) in [7, 11) is 0. The van der Waals surface area contributed by atoms with Crippen molar-refractivity contribution in [2.45, 2.75) is 58.0 Å². The number of carbonyl (C=O) groups is 1. The van der Waals surface area contributed by atoms with Crippen LogP contribution in [0.3, 0.4) is 0 Å². The van der Waals surface area contributed by atoms with Crippen molar-refractivity contribution in [1.82, 2.24) is 10.1 Å². The van der Waals surface area contributed by atoms with Crippen LogP contribution in [0.15, 0.2) is 22.7 Å². The van der Waals surface area contributed by atoms with Crippen molar-refractivity contribution < 1.29 is 22.8 Å². The average Bonchev–Trinajstić information content (AvgIpc) is 2.94. The molecule has 1 aliphatic rings. The Morgan fingerprint density at radius 3 is 2.65 bits per heavy atom. The molecule has 0 aliphatic heterocycles. The first-order valence-electron chi connectivity index (χ1n) is 8.35. The molecule has 0 radical (unpaired) electrons. The summed E-state index contributed by atoms with van der Waals surface area (Å²) >= 11 is 0. The zero-order valence-corrected chi connectivity index (χ0v) is 15.1. The second kappa shape index (κ2) is 6.34. The van der Waals surface area contributed by atoms with Gasteiger partial charge in [-0.25, -0.2) is 13.6 Å². The third kappa shape index (κ3) is 4.00. The van der Waals surface area contributed by atoms with Gasteiger partial charge in [-0.2, -0.15) is 4.98 Å². The van der Waals surface area contributed by atoms with Gasteiger partial charge in [-0.05, 0) is 39.3 Å². The van der Waals surface area contributed by atoms with Gasteiger partial charge in [-0.1, -0.05) is 17.3 Å². The summed E-state index contributed by atoms with van der Waals surface area (Å²) in [6.07, 6.45) is -1.11. The van der Waals surface area contributed by atoms with Gasteiger partial charge in [-0.15, -0.1) is 0 Å². The van der Waals surface area contributed by atoms with E-state index in [0.717, 1.165) is 5.56 Å². The highest BCUT2D eigenvalue weighted by molar-refractivity contribution is 5.87. The summed E-state index contributed by atoms with van der Waals surface area (Å²) in [5, 5.41) is 6.60. The van der Waals surface area contributed by atoms with E-state index < -0.39 is 23.5 Å². The average molecular weight is 365 g/mol. The van der Waals surface area contributed by atoms with Crippen LogP contribution in [0.1, 0.15) is 51.0 Å². The highest BCUT2D eigenvalue weighted by Gasteiger charge is 2.48. The lowest BCUT2D eigenvalue weighted by molar-refractivity contribution is -0.0925. The molecule has 0 atom stereocenters. The van der Waals surface area contributed by atoms with E-state index in [2.05, 4.69) is 15.5 Å². The Balaban J connectivity index is 1.77. The largest absolute Gasteiger partial charge is 0.444 e. The number of ether oxygens (including phenoxy) is 1. The van der Waals surface area contributed by atoms with Crippen LogP contribution >= 0.6 is 0 Å². The van der Waals surface area contributed by atoms with E-state index in [9.17, 15) is 13.6 Å². The summed E-state index contributed by atoms with van der Waals surface area (Å²) in [4.78, 5) is 16.2. The van der Waals surface area contributed by atoms with Crippen LogP contribution in [-0.4, -0.2) is 27.8 Å². The van der Waals surface area contributed by atoms with Gasteiger partial charge in [-0.3, -0.25) is 5.32 Å². The Kier molecular flexibility index (Phi) is 4.46. The lowest BCUT2D eigenvalue weighted by atomic mass is 9.81. The molecule has 1 N–H and O–H groups in total. The van der Waals surface area contributed by atoms with Gasteiger partial charge >= 0.3 is 6.09 Å². The number of halogens is 2. The Morgan fingerprint density at radius 2 is 2.04 bits per heavy atom. The number of benzene rings is 1. The van der Waals surface area contributed by atoms with Crippen molar-refractivity contribution in [2.75, 3.05) is 5.32 Å². The summed E-state index contributed by atoms with van der Waals surface area (Å²) in [6.45, 7) is 7.14. The standard InChI is InChI=1S/C18H21F2N3O3/c1-10-12(6-5-7-13(10)21-16(24)25-17(2,3)4)14-22-15(26-23-14)11-8-18(19,20)9-11/h5-7,11H,8-9H2,1-4H3,(H,21,24). The van der Waals surface area contributed by atoms with Crippen LogP contribution in [0.2, 0.25) is 0 Å². The lowest BCUT2D eigenvalue weighted by Gasteiger charge is -2.31. The Hall–Kier alpha value is -2.51.